The number of benzene rings is 1. The van der Waals surface area contributed by atoms with Gasteiger partial charge in [-0.15, -0.1) is 0 Å². The number of likely N-dealkylation sites (tertiary alicyclic amines) is 1. The van der Waals surface area contributed by atoms with Crippen LogP contribution in [0.3, 0.4) is 0 Å². The number of nitrogens with two attached hydrogens (primary N) is 2. The first-order chi connectivity index (χ1) is 9.06. The van der Waals surface area contributed by atoms with Gasteiger partial charge in [0, 0.05) is 18.5 Å². The molecule has 5 heteroatoms. The Morgan fingerprint density at radius 1 is 1.42 bits per heavy atom. The molecular formula is C14H20FN3O. The SMILES string of the molecule is NC(=O)C1CCN(CC(N)c2cccc(F)c2)CC1. The number of carbonyl (C=O) groups is 1. The summed E-state index contributed by atoms with van der Waals surface area (Å²) in [6, 6.07) is 6.18. The van der Waals surface area contributed by atoms with Crippen LogP contribution in [0.1, 0.15) is 24.4 Å². The lowest BCUT2D eigenvalue weighted by atomic mass is 9.95. The standard InChI is InChI=1S/C14H20FN3O/c15-12-3-1-2-11(8-12)13(16)9-18-6-4-10(5-7-18)14(17)19/h1-3,8,10,13H,4-7,9,16H2,(H2,17,19). The maximum atomic E-state index is 13.1. The second-order valence-electron chi connectivity index (χ2n) is 5.14. The molecular weight excluding hydrogens is 245 g/mol. The van der Waals surface area contributed by atoms with E-state index < -0.39 is 0 Å². The Labute approximate surface area is 112 Å². The first kappa shape index (κ1) is 14.0. The molecule has 4 N–H and O–H groups in total. The van der Waals surface area contributed by atoms with Gasteiger partial charge >= 0.3 is 0 Å². The van der Waals surface area contributed by atoms with Crippen LogP contribution < -0.4 is 11.5 Å². The van der Waals surface area contributed by atoms with Crippen molar-refractivity contribution in [3.63, 3.8) is 0 Å². The third-order valence-corrected chi connectivity index (χ3v) is 3.72. The first-order valence-corrected chi connectivity index (χ1v) is 6.59. The fourth-order valence-corrected chi connectivity index (χ4v) is 2.52. The number of rotatable bonds is 4. The third kappa shape index (κ3) is 3.75. The van der Waals surface area contributed by atoms with Gasteiger partial charge in [0.2, 0.25) is 5.91 Å². The molecule has 1 heterocycles. The van der Waals surface area contributed by atoms with E-state index in [0.29, 0.717) is 6.54 Å². The quantitative estimate of drug-likeness (QED) is 0.854. The molecule has 1 atom stereocenters. The van der Waals surface area contributed by atoms with Crippen molar-refractivity contribution in [3.8, 4) is 0 Å². The Morgan fingerprint density at radius 2 is 2.11 bits per heavy atom. The maximum absolute atomic E-state index is 13.1. The van der Waals surface area contributed by atoms with Gasteiger partial charge in [-0.1, -0.05) is 12.1 Å². The van der Waals surface area contributed by atoms with E-state index in [4.69, 9.17) is 11.5 Å². The summed E-state index contributed by atoms with van der Waals surface area (Å²) in [4.78, 5) is 13.3. The minimum Gasteiger partial charge on any atom is -0.369 e. The lowest BCUT2D eigenvalue weighted by Gasteiger charge is -2.32. The van der Waals surface area contributed by atoms with Crippen molar-refractivity contribution in [1.82, 2.24) is 4.90 Å². The molecule has 4 nitrogen and oxygen atoms in total. The van der Waals surface area contributed by atoms with Crippen molar-refractivity contribution in [2.45, 2.75) is 18.9 Å². The highest BCUT2D eigenvalue weighted by Gasteiger charge is 2.24. The van der Waals surface area contributed by atoms with Crippen LogP contribution >= 0.6 is 0 Å². The van der Waals surface area contributed by atoms with Crippen LogP contribution in [-0.4, -0.2) is 30.4 Å². The Balaban J connectivity index is 1.87. The zero-order chi connectivity index (χ0) is 13.8. The van der Waals surface area contributed by atoms with Gasteiger partial charge in [-0.05, 0) is 43.6 Å². The molecule has 1 amide bonds. The summed E-state index contributed by atoms with van der Waals surface area (Å²) in [7, 11) is 0. The minimum absolute atomic E-state index is 0.0124. The second kappa shape index (κ2) is 6.12. The molecule has 104 valence electrons. The summed E-state index contributed by atoms with van der Waals surface area (Å²) < 4.78 is 13.1. The molecule has 1 unspecified atom stereocenters. The molecule has 0 aromatic heterocycles. The minimum atomic E-state index is -0.264. The van der Waals surface area contributed by atoms with E-state index in [0.717, 1.165) is 31.5 Å². The van der Waals surface area contributed by atoms with Gasteiger partial charge in [-0.25, -0.2) is 4.39 Å². The van der Waals surface area contributed by atoms with Crippen LogP contribution in [0.15, 0.2) is 24.3 Å². The molecule has 1 aromatic rings. The molecule has 0 aliphatic carbocycles. The number of carbonyl (C=O) groups excluding carboxylic acids is 1. The summed E-state index contributed by atoms with van der Waals surface area (Å²) in [5.41, 5.74) is 12.2. The van der Waals surface area contributed by atoms with Gasteiger partial charge in [-0.3, -0.25) is 4.79 Å². The molecule has 1 aromatic carbocycles. The van der Waals surface area contributed by atoms with Gasteiger partial charge in [-0.2, -0.15) is 0 Å². The van der Waals surface area contributed by atoms with Crippen molar-refractivity contribution in [1.29, 1.82) is 0 Å². The molecule has 0 spiro atoms. The van der Waals surface area contributed by atoms with E-state index in [1.165, 1.54) is 12.1 Å². The van der Waals surface area contributed by atoms with E-state index in [2.05, 4.69) is 4.90 Å². The number of primary amides is 1. The average molecular weight is 265 g/mol. The molecule has 1 aliphatic heterocycles. The van der Waals surface area contributed by atoms with Crippen molar-refractivity contribution in [3.05, 3.63) is 35.6 Å². The van der Waals surface area contributed by atoms with E-state index in [1.807, 2.05) is 6.07 Å². The average Bonchev–Trinajstić information content (AvgIpc) is 2.39. The van der Waals surface area contributed by atoms with Crippen LogP contribution in [0.2, 0.25) is 0 Å². The van der Waals surface area contributed by atoms with Crippen LogP contribution in [0.25, 0.3) is 0 Å². The van der Waals surface area contributed by atoms with Gasteiger partial charge in [0.1, 0.15) is 5.82 Å². The number of hydrogen-bond donors (Lipinski definition) is 2. The van der Waals surface area contributed by atoms with E-state index in [-0.39, 0.29) is 23.7 Å². The van der Waals surface area contributed by atoms with Crippen molar-refractivity contribution < 1.29 is 9.18 Å². The predicted molar refractivity (Wildman–Crippen MR) is 71.7 cm³/mol. The van der Waals surface area contributed by atoms with Crippen molar-refractivity contribution >= 4 is 5.91 Å². The smallest absolute Gasteiger partial charge is 0.220 e. The topological polar surface area (TPSA) is 72.4 Å². The number of piperidine rings is 1. The second-order valence-corrected chi connectivity index (χ2v) is 5.14. The highest BCUT2D eigenvalue weighted by atomic mass is 19.1. The summed E-state index contributed by atoms with van der Waals surface area (Å²) in [5, 5.41) is 0. The fourth-order valence-electron chi connectivity index (χ4n) is 2.52. The van der Waals surface area contributed by atoms with E-state index >= 15 is 0 Å². The van der Waals surface area contributed by atoms with Crippen LogP contribution in [0.5, 0.6) is 0 Å². The Morgan fingerprint density at radius 3 is 2.68 bits per heavy atom. The van der Waals surface area contributed by atoms with Gasteiger partial charge in [0.25, 0.3) is 0 Å². The maximum Gasteiger partial charge on any atom is 0.220 e. The van der Waals surface area contributed by atoms with Crippen LogP contribution in [0, 0.1) is 11.7 Å². The van der Waals surface area contributed by atoms with Crippen LogP contribution in [0.4, 0.5) is 4.39 Å². The fraction of sp³-hybridized carbons (Fsp3) is 0.500. The van der Waals surface area contributed by atoms with Gasteiger partial charge in [0.05, 0.1) is 0 Å². The molecule has 0 saturated carbocycles. The highest BCUT2D eigenvalue weighted by Crippen LogP contribution is 2.19. The molecule has 0 bridgehead atoms. The Bertz CT molecular complexity index is 444. The largest absolute Gasteiger partial charge is 0.369 e. The monoisotopic (exact) mass is 265 g/mol. The summed E-state index contributed by atoms with van der Waals surface area (Å²) >= 11 is 0. The van der Waals surface area contributed by atoms with E-state index in [9.17, 15) is 9.18 Å². The van der Waals surface area contributed by atoms with Crippen molar-refractivity contribution in [2.75, 3.05) is 19.6 Å². The zero-order valence-electron chi connectivity index (χ0n) is 10.9. The molecule has 1 aliphatic rings. The molecule has 1 fully saturated rings. The predicted octanol–water partition coefficient (Wildman–Crippen LogP) is 1.02. The summed E-state index contributed by atoms with van der Waals surface area (Å²) in [5.74, 6) is -0.490. The van der Waals surface area contributed by atoms with Gasteiger partial charge in [0.15, 0.2) is 0 Å². The van der Waals surface area contributed by atoms with Gasteiger partial charge < -0.3 is 16.4 Å². The summed E-state index contributed by atoms with van der Waals surface area (Å²) in [6.45, 7) is 2.31. The summed E-state index contributed by atoms with van der Waals surface area (Å²) in [6.07, 6.45) is 1.57. The number of nitrogens with zero attached hydrogens (tertiary/aromatic N) is 1. The lowest BCUT2D eigenvalue weighted by molar-refractivity contribution is -0.123. The molecule has 1 saturated heterocycles. The third-order valence-electron chi connectivity index (χ3n) is 3.72. The highest BCUT2D eigenvalue weighted by molar-refractivity contribution is 5.76. The Kier molecular flexibility index (Phi) is 4.50. The molecule has 19 heavy (non-hydrogen) atoms. The lowest BCUT2D eigenvalue weighted by Crippen LogP contribution is -2.41. The molecule has 2 rings (SSSR count). The Hall–Kier alpha value is -1.46. The number of halogens is 1. The number of hydrogen-bond acceptors (Lipinski definition) is 3. The first-order valence-electron chi connectivity index (χ1n) is 6.59. The normalized spacial score (nSPS) is 19.3. The zero-order valence-corrected chi connectivity index (χ0v) is 10.9. The molecule has 0 radical (unpaired) electrons. The van der Waals surface area contributed by atoms with Crippen molar-refractivity contribution in [2.24, 2.45) is 17.4 Å². The van der Waals surface area contributed by atoms with Crippen LogP contribution in [-0.2, 0) is 4.79 Å². The number of amides is 1. The van der Waals surface area contributed by atoms with E-state index in [1.54, 1.807) is 6.07 Å².